The van der Waals surface area contributed by atoms with Gasteiger partial charge in [-0.2, -0.15) is 0 Å². The number of amides is 2. The number of nitrogens with two attached hydrogens (primary N) is 1. The van der Waals surface area contributed by atoms with E-state index in [4.69, 9.17) is 5.73 Å². The summed E-state index contributed by atoms with van der Waals surface area (Å²) in [5.74, 6) is -1.98. The Bertz CT molecular complexity index is 1230. The Morgan fingerprint density at radius 1 is 1.03 bits per heavy atom. The quantitative estimate of drug-likeness (QED) is 0.629. The average molecular weight is 448 g/mol. The van der Waals surface area contributed by atoms with E-state index in [1.165, 1.54) is 35.2 Å². The lowest BCUT2D eigenvalue weighted by Crippen LogP contribution is -2.51. The maximum Gasteiger partial charge on any atom is 0.272 e. The molecule has 1 aliphatic heterocycles. The molecule has 0 aromatic heterocycles. The summed E-state index contributed by atoms with van der Waals surface area (Å²) in [6.07, 6.45) is -1.16. The summed E-state index contributed by atoms with van der Waals surface area (Å²) in [5.41, 5.74) is 8.27. The lowest BCUT2D eigenvalue weighted by Gasteiger charge is -2.22. The second-order valence-corrected chi connectivity index (χ2v) is 7.72. The standard InChI is InChI=1S/C25H22F2N4O2/c1-31-21-9-5-3-7-18(21)22(17-6-2-4-8-19(17)27)29-23(25(31)33)30-24(32)20(28)14-15-10-12-16(26)13-11-15/h2-13,20,23H,14,28H2,1H3,(H,30,32)/t20-,23?/m1/s1. The van der Waals surface area contributed by atoms with Crippen LogP contribution < -0.4 is 16.0 Å². The maximum atomic E-state index is 14.7. The normalized spacial score (nSPS) is 16.5. The Balaban J connectivity index is 1.66. The molecule has 3 aromatic carbocycles. The number of halogens is 2. The molecule has 0 saturated heterocycles. The number of carbonyl (C=O) groups is 2. The van der Waals surface area contributed by atoms with Crippen LogP contribution in [0.25, 0.3) is 0 Å². The monoisotopic (exact) mass is 448 g/mol. The molecular weight excluding hydrogens is 426 g/mol. The van der Waals surface area contributed by atoms with Gasteiger partial charge in [-0.25, -0.2) is 13.8 Å². The molecule has 0 aliphatic carbocycles. The van der Waals surface area contributed by atoms with Crippen molar-refractivity contribution in [2.24, 2.45) is 10.7 Å². The number of fused-ring (bicyclic) bond motifs is 1. The first kappa shape index (κ1) is 22.3. The lowest BCUT2D eigenvalue weighted by molar-refractivity contribution is -0.128. The zero-order valence-electron chi connectivity index (χ0n) is 17.8. The van der Waals surface area contributed by atoms with Crippen LogP contribution in [0.4, 0.5) is 14.5 Å². The van der Waals surface area contributed by atoms with Crippen molar-refractivity contribution in [3.05, 3.63) is 101 Å². The molecule has 3 aromatic rings. The minimum Gasteiger partial charge on any atom is -0.325 e. The van der Waals surface area contributed by atoms with Crippen molar-refractivity contribution < 1.29 is 18.4 Å². The van der Waals surface area contributed by atoms with E-state index >= 15 is 0 Å². The Labute approximate surface area is 189 Å². The zero-order valence-corrected chi connectivity index (χ0v) is 17.8. The van der Waals surface area contributed by atoms with Crippen molar-refractivity contribution in [2.45, 2.75) is 18.6 Å². The lowest BCUT2D eigenvalue weighted by atomic mass is 10.00. The van der Waals surface area contributed by atoms with Crippen LogP contribution in [0.5, 0.6) is 0 Å². The number of aliphatic imine (C=N–C) groups is 1. The molecule has 0 fully saturated rings. The third-order valence-electron chi connectivity index (χ3n) is 5.46. The molecule has 1 aliphatic rings. The van der Waals surface area contributed by atoms with Crippen molar-refractivity contribution in [1.82, 2.24) is 5.32 Å². The summed E-state index contributed by atoms with van der Waals surface area (Å²) in [6.45, 7) is 0. The van der Waals surface area contributed by atoms with Gasteiger partial charge in [-0.1, -0.05) is 42.5 Å². The van der Waals surface area contributed by atoms with Gasteiger partial charge in [0.15, 0.2) is 0 Å². The molecule has 4 rings (SSSR count). The van der Waals surface area contributed by atoms with E-state index < -0.39 is 35.7 Å². The summed E-state index contributed by atoms with van der Waals surface area (Å²) in [6, 6.07) is 17.8. The van der Waals surface area contributed by atoms with Crippen LogP contribution in [0.3, 0.4) is 0 Å². The number of hydrogen-bond acceptors (Lipinski definition) is 4. The van der Waals surface area contributed by atoms with Crippen LogP contribution in [0.1, 0.15) is 16.7 Å². The molecular formula is C25H22F2N4O2. The summed E-state index contributed by atoms with van der Waals surface area (Å²) in [7, 11) is 1.57. The number of para-hydroxylation sites is 1. The first-order chi connectivity index (χ1) is 15.8. The van der Waals surface area contributed by atoms with E-state index in [1.54, 1.807) is 49.5 Å². The van der Waals surface area contributed by atoms with Gasteiger partial charge >= 0.3 is 0 Å². The van der Waals surface area contributed by atoms with Gasteiger partial charge < -0.3 is 16.0 Å². The number of nitrogens with zero attached hydrogens (tertiary/aromatic N) is 2. The van der Waals surface area contributed by atoms with E-state index in [0.717, 1.165) is 0 Å². The van der Waals surface area contributed by atoms with E-state index in [2.05, 4.69) is 10.3 Å². The highest BCUT2D eigenvalue weighted by Gasteiger charge is 2.32. The van der Waals surface area contributed by atoms with Crippen LogP contribution in [-0.4, -0.2) is 36.8 Å². The molecule has 2 amide bonds. The molecule has 1 heterocycles. The molecule has 0 spiro atoms. The van der Waals surface area contributed by atoms with E-state index in [-0.39, 0.29) is 17.7 Å². The van der Waals surface area contributed by atoms with Crippen LogP contribution in [0.15, 0.2) is 77.8 Å². The van der Waals surface area contributed by atoms with Crippen molar-refractivity contribution in [1.29, 1.82) is 0 Å². The largest absolute Gasteiger partial charge is 0.325 e. The van der Waals surface area contributed by atoms with Gasteiger partial charge in [0.1, 0.15) is 11.6 Å². The van der Waals surface area contributed by atoms with Crippen LogP contribution in [-0.2, 0) is 16.0 Å². The third-order valence-corrected chi connectivity index (χ3v) is 5.46. The summed E-state index contributed by atoms with van der Waals surface area (Å²) < 4.78 is 27.8. The number of benzene rings is 3. The number of nitrogens with one attached hydrogen (secondary N) is 1. The first-order valence-corrected chi connectivity index (χ1v) is 10.3. The van der Waals surface area contributed by atoms with Gasteiger partial charge in [0.05, 0.1) is 17.4 Å². The van der Waals surface area contributed by atoms with Gasteiger partial charge in [-0.05, 0) is 42.3 Å². The predicted octanol–water partition coefficient (Wildman–Crippen LogP) is 2.79. The van der Waals surface area contributed by atoms with Crippen LogP contribution in [0.2, 0.25) is 0 Å². The van der Waals surface area contributed by atoms with E-state index in [9.17, 15) is 18.4 Å². The maximum absolute atomic E-state index is 14.7. The molecule has 3 N–H and O–H groups in total. The van der Waals surface area contributed by atoms with Crippen molar-refractivity contribution in [3.8, 4) is 0 Å². The van der Waals surface area contributed by atoms with Gasteiger partial charge in [0.25, 0.3) is 5.91 Å². The number of carbonyl (C=O) groups excluding carboxylic acids is 2. The Morgan fingerprint density at radius 2 is 1.67 bits per heavy atom. The van der Waals surface area contributed by atoms with Crippen LogP contribution >= 0.6 is 0 Å². The second kappa shape index (κ2) is 9.30. The molecule has 8 heteroatoms. The van der Waals surface area contributed by atoms with Gasteiger partial charge in [-0.15, -0.1) is 0 Å². The number of benzodiazepines with no additional fused rings is 1. The Morgan fingerprint density at radius 3 is 2.36 bits per heavy atom. The smallest absolute Gasteiger partial charge is 0.272 e. The van der Waals surface area contributed by atoms with Gasteiger partial charge in [0, 0.05) is 18.2 Å². The van der Waals surface area contributed by atoms with Gasteiger partial charge in [-0.3, -0.25) is 9.59 Å². The van der Waals surface area contributed by atoms with E-state index in [1.807, 2.05) is 0 Å². The fourth-order valence-corrected chi connectivity index (χ4v) is 3.69. The molecule has 1 unspecified atom stereocenters. The number of hydrogen-bond donors (Lipinski definition) is 2. The first-order valence-electron chi connectivity index (χ1n) is 10.3. The minimum absolute atomic E-state index is 0.146. The Hall–Kier alpha value is -3.91. The number of rotatable bonds is 5. The molecule has 168 valence electrons. The van der Waals surface area contributed by atoms with Crippen molar-refractivity contribution in [3.63, 3.8) is 0 Å². The topological polar surface area (TPSA) is 87.8 Å². The van der Waals surface area contributed by atoms with Crippen molar-refractivity contribution in [2.75, 3.05) is 11.9 Å². The Kier molecular flexibility index (Phi) is 6.28. The molecule has 6 nitrogen and oxygen atoms in total. The SMILES string of the molecule is CN1C(=O)C(NC(=O)[C@H](N)Cc2ccc(F)cc2)N=C(c2ccccc2F)c2ccccc21. The molecule has 0 radical (unpaired) electrons. The second-order valence-electron chi connectivity index (χ2n) is 7.72. The van der Waals surface area contributed by atoms with Crippen molar-refractivity contribution >= 4 is 23.2 Å². The highest BCUT2D eigenvalue weighted by Crippen LogP contribution is 2.28. The summed E-state index contributed by atoms with van der Waals surface area (Å²) in [5, 5.41) is 2.59. The van der Waals surface area contributed by atoms with Gasteiger partial charge in [0.2, 0.25) is 12.1 Å². The summed E-state index contributed by atoms with van der Waals surface area (Å²) >= 11 is 0. The predicted molar refractivity (Wildman–Crippen MR) is 122 cm³/mol. The summed E-state index contributed by atoms with van der Waals surface area (Å²) in [4.78, 5) is 31.8. The minimum atomic E-state index is -1.30. The molecule has 2 atom stereocenters. The highest BCUT2D eigenvalue weighted by molar-refractivity contribution is 6.20. The molecule has 33 heavy (non-hydrogen) atoms. The fraction of sp³-hybridized carbons (Fsp3) is 0.160. The zero-order chi connectivity index (χ0) is 23.5. The highest BCUT2D eigenvalue weighted by atomic mass is 19.1. The molecule has 0 bridgehead atoms. The fourth-order valence-electron chi connectivity index (χ4n) is 3.69. The number of anilines is 1. The molecule has 0 saturated carbocycles. The number of likely N-dealkylation sites (N-methyl/N-ethyl adjacent to an activating group) is 1. The average Bonchev–Trinajstić information content (AvgIpc) is 2.91. The third kappa shape index (κ3) is 4.65. The van der Waals surface area contributed by atoms with Crippen LogP contribution in [0, 0.1) is 11.6 Å². The van der Waals surface area contributed by atoms with E-state index in [0.29, 0.717) is 16.8 Å².